The number of hydrogen-bond donors (Lipinski definition) is 1. The van der Waals surface area contributed by atoms with Gasteiger partial charge in [0, 0.05) is 29.2 Å². The van der Waals surface area contributed by atoms with Gasteiger partial charge in [0.1, 0.15) is 11.0 Å². The SMILES string of the molecule is Cc1csc(C2COCCN2C(=O)Nc2nccs2)n1. The van der Waals surface area contributed by atoms with Crippen molar-refractivity contribution in [1.82, 2.24) is 14.9 Å². The Hall–Kier alpha value is -1.51. The molecule has 106 valence electrons. The first-order chi connectivity index (χ1) is 9.74. The maximum atomic E-state index is 12.4. The van der Waals surface area contributed by atoms with Gasteiger partial charge in [-0.2, -0.15) is 0 Å². The number of hydrogen-bond acceptors (Lipinski definition) is 6. The van der Waals surface area contributed by atoms with Crippen LogP contribution in [0.15, 0.2) is 17.0 Å². The smallest absolute Gasteiger partial charge is 0.324 e. The third-order valence-electron chi connectivity index (χ3n) is 2.96. The Morgan fingerprint density at radius 2 is 2.45 bits per heavy atom. The lowest BCUT2D eigenvalue weighted by Gasteiger charge is -2.34. The maximum Gasteiger partial charge on any atom is 0.324 e. The number of thiazole rings is 2. The molecular formula is C12H14N4O2S2. The first kappa shape index (κ1) is 13.5. The van der Waals surface area contributed by atoms with Crippen LogP contribution in [0.25, 0.3) is 0 Å². The number of carbonyl (C=O) groups is 1. The Morgan fingerprint density at radius 3 is 3.15 bits per heavy atom. The molecule has 1 fully saturated rings. The van der Waals surface area contributed by atoms with E-state index in [4.69, 9.17) is 4.74 Å². The van der Waals surface area contributed by atoms with Gasteiger partial charge >= 0.3 is 6.03 Å². The molecule has 2 aromatic heterocycles. The number of amides is 2. The van der Waals surface area contributed by atoms with Gasteiger partial charge in [0.05, 0.1) is 13.2 Å². The average molecular weight is 310 g/mol. The van der Waals surface area contributed by atoms with E-state index >= 15 is 0 Å². The highest BCUT2D eigenvalue weighted by Gasteiger charge is 2.31. The summed E-state index contributed by atoms with van der Waals surface area (Å²) >= 11 is 2.96. The van der Waals surface area contributed by atoms with Crippen molar-refractivity contribution < 1.29 is 9.53 Å². The van der Waals surface area contributed by atoms with Gasteiger partial charge < -0.3 is 9.64 Å². The number of carbonyl (C=O) groups excluding carboxylic acids is 1. The standard InChI is InChI=1S/C12H14N4O2S2/c1-8-7-20-10(14-8)9-6-18-4-3-16(9)12(17)15-11-13-2-5-19-11/h2,5,7,9H,3-4,6H2,1H3,(H,13,15,17). The lowest BCUT2D eigenvalue weighted by atomic mass is 10.2. The molecule has 0 spiro atoms. The van der Waals surface area contributed by atoms with Gasteiger partial charge in [-0.3, -0.25) is 5.32 Å². The molecule has 1 aliphatic rings. The fourth-order valence-corrected chi connectivity index (χ4v) is 3.44. The zero-order valence-electron chi connectivity index (χ0n) is 10.9. The second-order valence-corrected chi connectivity index (χ2v) is 6.16. The van der Waals surface area contributed by atoms with Gasteiger partial charge in [-0.1, -0.05) is 0 Å². The number of urea groups is 1. The van der Waals surface area contributed by atoms with Crippen LogP contribution in [-0.2, 0) is 4.74 Å². The Morgan fingerprint density at radius 1 is 1.55 bits per heavy atom. The van der Waals surface area contributed by atoms with Crippen LogP contribution in [0, 0.1) is 6.92 Å². The van der Waals surface area contributed by atoms with E-state index < -0.39 is 0 Å². The zero-order valence-corrected chi connectivity index (χ0v) is 12.5. The first-order valence-electron chi connectivity index (χ1n) is 6.21. The van der Waals surface area contributed by atoms with E-state index in [-0.39, 0.29) is 12.1 Å². The summed E-state index contributed by atoms with van der Waals surface area (Å²) in [5.74, 6) is 0. The topological polar surface area (TPSA) is 67.3 Å². The third-order valence-corrected chi connectivity index (χ3v) is 4.71. The van der Waals surface area contributed by atoms with Gasteiger partial charge in [-0.15, -0.1) is 22.7 Å². The average Bonchev–Trinajstić information content (AvgIpc) is 3.10. The largest absolute Gasteiger partial charge is 0.377 e. The number of nitrogens with zero attached hydrogens (tertiary/aromatic N) is 3. The van der Waals surface area contributed by atoms with Crippen molar-refractivity contribution in [3.8, 4) is 0 Å². The van der Waals surface area contributed by atoms with Crippen molar-refractivity contribution in [2.75, 3.05) is 25.1 Å². The highest BCUT2D eigenvalue weighted by molar-refractivity contribution is 7.13. The van der Waals surface area contributed by atoms with Gasteiger partial charge in [-0.25, -0.2) is 14.8 Å². The van der Waals surface area contributed by atoms with Crippen molar-refractivity contribution in [2.24, 2.45) is 0 Å². The molecule has 2 aromatic rings. The fourth-order valence-electron chi connectivity index (χ4n) is 2.03. The Labute approximate surface area is 124 Å². The van der Waals surface area contributed by atoms with Crippen molar-refractivity contribution in [2.45, 2.75) is 13.0 Å². The van der Waals surface area contributed by atoms with Crippen LogP contribution in [0.1, 0.15) is 16.7 Å². The van der Waals surface area contributed by atoms with Crippen LogP contribution < -0.4 is 5.32 Å². The summed E-state index contributed by atoms with van der Waals surface area (Å²) in [7, 11) is 0. The molecule has 6 nitrogen and oxygen atoms in total. The first-order valence-corrected chi connectivity index (χ1v) is 7.97. The molecule has 1 saturated heterocycles. The second-order valence-electron chi connectivity index (χ2n) is 4.38. The van der Waals surface area contributed by atoms with Crippen LogP contribution in [0.2, 0.25) is 0 Å². The fraction of sp³-hybridized carbons (Fsp3) is 0.417. The van der Waals surface area contributed by atoms with E-state index in [2.05, 4.69) is 15.3 Å². The molecule has 3 rings (SSSR count). The lowest BCUT2D eigenvalue weighted by molar-refractivity contribution is 0.0147. The number of aromatic nitrogens is 2. The van der Waals surface area contributed by atoms with Gasteiger partial charge in [0.15, 0.2) is 5.13 Å². The van der Waals surface area contributed by atoms with Crippen LogP contribution in [-0.4, -0.2) is 40.7 Å². The summed E-state index contributed by atoms with van der Waals surface area (Å²) < 4.78 is 5.49. The molecule has 2 amide bonds. The molecule has 1 N–H and O–H groups in total. The molecule has 0 bridgehead atoms. The van der Waals surface area contributed by atoms with Crippen LogP contribution in [0.5, 0.6) is 0 Å². The van der Waals surface area contributed by atoms with Crippen molar-refractivity contribution in [3.63, 3.8) is 0 Å². The van der Waals surface area contributed by atoms with Gasteiger partial charge in [0.25, 0.3) is 0 Å². The minimum absolute atomic E-state index is 0.123. The lowest BCUT2D eigenvalue weighted by Crippen LogP contribution is -2.45. The number of rotatable bonds is 2. The van der Waals surface area contributed by atoms with Crippen molar-refractivity contribution in [1.29, 1.82) is 0 Å². The number of nitrogens with one attached hydrogen (secondary N) is 1. The van der Waals surface area contributed by atoms with E-state index in [0.29, 0.717) is 24.9 Å². The minimum Gasteiger partial charge on any atom is -0.377 e. The van der Waals surface area contributed by atoms with E-state index in [1.807, 2.05) is 17.7 Å². The van der Waals surface area contributed by atoms with Gasteiger partial charge in [0.2, 0.25) is 0 Å². The molecule has 1 atom stereocenters. The zero-order chi connectivity index (χ0) is 13.9. The molecule has 3 heterocycles. The molecule has 0 saturated carbocycles. The molecule has 0 radical (unpaired) electrons. The van der Waals surface area contributed by atoms with Crippen LogP contribution in [0.4, 0.5) is 9.93 Å². The van der Waals surface area contributed by atoms with Crippen molar-refractivity contribution >= 4 is 33.8 Å². The number of ether oxygens (including phenoxy) is 1. The maximum absolute atomic E-state index is 12.4. The predicted octanol–water partition coefficient (Wildman–Crippen LogP) is 2.51. The van der Waals surface area contributed by atoms with Crippen LogP contribution >= 0.6 is 22.7 Å². The summed E-state index contributed by atoms with van der Waals surface area (Å²) in [5, 5.41) is 8.15. The molecule has 1 unspecified atom stereocenters. The van der Waals surface area contributed by atoms with E-state index in [1.54, 1.807) is 22.4 Å². The summed E-state index contributed by atoms with van der Waals surface area (Å²) in [4.78, 5) is 22.7. The van der Waals surface area contributed by atoms with Crippen LogP contribution in [0.3, 0.4) is 0 Å². The number of anilines is 1. The Bertz CT molecular complexity index is 584. The highest BCUT2D eigenvalue weighted by atomic mass is 32.1. The minimum atomic E-state index is -0.152. The molecule has 20 heavy (non-hydrogen) atoms. The molecule has 8 heteroatoms. The summed E-state index contributed by atoms with van der Waals surface area (Å²) in [6.07, 6.45) is 1.67. The van der Waals surface area contributed by atoms with Crippen molar-refractivity contribution in [3.05, 3.63) is 27.7 Å². The monoisotopic (exact) mass is 310 g/mol. The van der Waals surface area contributed by atoms with Gasteiger partial charge in [-0.05, 0) is 6.92 Å². The summed E-state index contributed by atoms with van der Waals surface area (Å²) in [6, 6.07) is -0.275. The molecule has 1 aliphatic heterocycles. The summed E-state index contributed by atoms with van der Waals surface area (Å²) in [6.45, 7) is 3.54. The quantitative estimate of drug-likeness (QED) is 0.925. The Balaban J connectivity index is 1.76. The number of aryl methyl sites for hydroxylation is 1. The predicted molar refractivity (Wildman–Crippen MR) is 78.2 cm³/mol. The molecular weight excluding hydrogens is 296 g/mol. The van der Waals surface area contributed by atoms with E-state index in [1.165, 1.54) is 11.3 Å². The second kappa shape index (κ2) is 5.86. The molecule has 0 aliphatic carbocycles. The normalized spacial score (nSPS) is 19.1. The van der Waals surface area contributed by atoms with E-state index in [9.17, 15) is 4.79 Å². The highest BCUT2D eigenvalue weighted by Crippen LogP contribution is 2.27. The Kier molecular flexibility index (Phi) is 3.95. The van der Waals surface area contributed by atoms with E-state index in [0.717, 1.165) is 10.7 Å². The summed E-state index contributed by atoms with van der Waals surface area (Å²) in [5.41, 5.74) is 0.968. The molecule has 0 aromatic carbocycles. The number of morpholine rings is 1. The third kappa shape index (κ3) is 2.82.